The first kappa shape index (κ1) is 23.1. The standard InChI is InChI=1S/C23H21F3N6O2/c24-23(25,26)18-8-2-1-7-17(18)22(34)32-13-5-12-31(15-32)20-10-9-19(29-30-20)21(33)28-14-16-6-3-4-11-27-16/h1-4,6-11H,5,12-15H2,(H,28,33). The largest absolute Gasteiger partial charge is 0.417 e. The van der Waals surface area contributed by atoms with E-state index in [1.165, 1.54) is 29.2 Å². The van der Waals surface area contributed by atoms with Gasteiger partial charge in [0.15, 0.2) is 11.5 Å². The zero-order valence-electron chi connectivity index (χ0n) is 18.0. The van der Waals surface area contributed by atoms with Gasteiger partial charge in [0.1, 0.15) is 0 Å². The van der Waals surface area contributed by atoms with E-state index in [9.17, 15) is 22.8 Å². The molecule has 11 heteroatoms. The summed E-state index contributed by atoms with van der Waals surface area (Å²) in [6.45, 7) is 1.17. The number of alkyl halides is 3. The summed E-state index contributed by atoms with van der Waals surface area (Å²) < 4.78 is 40.0. The first-order valence-corrected chi connectivity index (χ1v) is 10.6. The molecule has 1 aliphatic heterocycles. The van der Waals surface area contributed by atoms with Crippen LogP contribution < -0.4 is 10.2 Å². The molecule has 0 spiro atoms. The van der Waals surface area contributed by atoms with Crippen molar-refractivity contribution in [3.8, 4) is 0 Å². The first-order valence-electron chi connectivity index (χ1n) is 10.6. The number of carbonyl (C=O) groups is 2. The molecular formula is C23H21F3N6O2. The second-order valence-electron chi connectivity index (χ2n) is 7.65. The number of nitrogens with one attached hydrogen (secondary N) is 1. The minimum atomic E-state index is -4.62. The molecule has 0 saturated carbocycles. The Balaban J connectivity index is 1.41. The van der Waals surface area contributed by atoms with Crippen LogP contribution in [0, 0.1) is 0 Å². The van der Waals surface area contributed by atoms with Crippen LogP contribution in [0.15, 0.2) is 60.8 Å². The molecule has 0 atom stereocenters. The van der Waals surface area contributed by atoms with Crippen LogP contribution in [-0.2, 0) is 12.7 Å². The van der Waals surface area contributed by atoms with Crippen molar-refractivity contribution in [2.24, 2.45) is 0 Å². The molecule has 2 aromatic heterocycles. The quantitative estimate of drug-likeness (QED) is 0.616. The summed E-state index contributed by atoms with van der Waals surface area (Å²) in [5.41, 5.74) is -0.532. The number of hydrogen-bond acceptors (Lipinski definition) is 6. The van der Waals surface area contributed by atoms with Crippen molar-refractivity contribution in [1.29, 1.82) is 0 Å². The number of halogens is 3. The Morgan fingerprint density at radius 1 is 0.971 bits per heavy atom. The van der Waals surface area contributed by atoms with Crippen molar-refractivity contribution in [1.82, 2.24) is 25.4 Å². The maximum Gasteiger partial charge on any atom is 0.417 e. The lowest BCUT2D eigenvalue weighted by Gasteiger charge is -2.36. The average molecular weight is 470 g/mol. The third-order valence-corrected chi connectivity index (χ3v) is 5.31. The van der Waals surface area contributed by atoms with Crippen LogP contribution in [-0.4, -0.2) is 51.7 Å². The Bertz CT molecular complexity index is 1160. The van der Waals surface area contributed by atoms with E-state index in [0.29, 0.717) is 31.0 Å². The predicted octanol–water partition coefficient (Wildman–Crippen LogP) is 3.13. The highest BCUT2D eigenvalue weighted by Gasteiger charge is 2.36. The van der Waals surface area contributed by atoms with Gasteiger partial charge in [-0.1, -0.05) is 18.2 Å². The van der Waals surface area contributed by atoms with Crippen LogP contribution in [0.1, 0.15) is 38.5 Å². The molecule has 176 valence electrons. The first-order chi connectivity index (χ1) is 16.3. The summed E-state index contributed by atoms with van der Waals surface area (Å²) in [5.74, 6) is -0.692. The highest BCUT2D eigenvalue weighted by Crippen LogP contribution is 2.32. The molecule has 1 aromatic carbocycles. The van der Waals surface area contributed by atoms with Gasteiger partial charge in [0.2, 0.25) is 0 Å². The normalized spacial score (nSPS) is 14.1. The molecule has 1 N–H and O–H groups in total. The Labute approximate surface area is 193 Å². The van der Waals surface area contributed by atoms with E-state index in [2.05, 4.69) is 20.5 Å². The second-order valence-corrected chi connectivity index (χ2v) is 7.65. The molecule has 3 heterocycles. The van der Waals surface area contributed by atoms with E-state index in [-0.39, 0.29) is 24.5 Å². The zero-order chi connectivity index (χ0) is 24.1. The summed E-state index contributed by atoms with van der Waals surface area (Å²) in [4.78, 5) is 32.4. The molecule has 4 rings (SSSR count). The summed E-state index contributed by atoms with van der Waals surface area (Å²) in [7, 11) is 0. The van der Waals surface area contributed by atoms with Crippen LogP contribution in [0.4, 0.5) is 19.0 Å². The monoisotopic (exact) mass is 470 g/mol. The molecule has 8 nitrogen and oxygen atoms in total. The Kier molecular flexibility index (Phi) is 6.71. The van der Waals surface area contributed by atoms with E-state index in [0.717, 1.165) is 6.07 Å². The molecule has 0 bridgehead atoms. The topological polar surface area (TPSA) is 91.3 Å². The van der Waals surface area contributed by atoms with Gasteiger partial charge < -0.3 is 15.1 Å². The van der Waals surface area contributed by atoms with Crippen molar-refractivity contribution in [2.45, 2.75) is 19.1 Å². The fourth-order valence-corrected chi connectivity index (χ4v) is 3.62. The molecule has 0 radical (unpaired) electrons. The highest BCUT2D eigenvalue weighted by atomic mass is 19.4. The van der Waals surface area contributed by atoms with Gasteiger partial charge in [-0.15, -0.1) is 10.2 Å². The average Bonchev–Trinajstić information content (AvgIpc) is 2.87. The molecule has 1 fully saturated rings. The smallest absolute Gasteiger partial charge is 0.345 e. The lowest BCUT2D eigenvalue weighted by Crippen LogP contribution is -2.48. The lowest BCUT2D eigenvalue weighted by molar-refractivity contribution is -0.138. The van der Waals surface area contributed by atoms with Gasteiger partial charge in [0.05, 0.1) is 30.0 Å². The number of amides is 2. The van der Waals surface area contributed by atoms with Crippen molar-refractivity contribution in [3.05, 3.63) is 83.3 Å². The van der Waals surface area contributed by atoms with Crippen LogP contribution >= 0.6 is 0 Å². The molecular weight excluding hydrogens is 449 g/mol. The minimum absolute atomic E-state index is 0.0604. The van der Waals surface area contributed by atoms with Crippen molar-refractivity contribution < 1.29 is 22.8 Å². The lowest BCUT2D eigenvalue weighted by atomic mass is 10.1. The number of pyridine rings is 1. The molecule has 0 unspecified atom stereocenters. The number of nitrogens with zero attached hydrogens (tertiary/aromatic N) is 5. The van der Waals surface area contributed by atoms with Crippen LogP contribution in [0.25, 0.3) is 0 Å². The zero-order valence-corrected chi connectivity index (χ0v) is 18.0. The SMILES string of the molecule is O=C(NCc1ccccn1)c1ccc(N2CCCN(C(=O)c3ccccc3C(F)(F)F)C2)nn1. The summed E-state index contributed by atoms with van der Waals surface area (Å²) >= 11 is 0. The molecule has 0 aliphatic carbocycles. The number of hydrogen-bond donors (Lipinski definition) is 1. The predicted molar refractivity (Wildman–Crippen MR) is 117 cm³/mol. The fourth-order valence-electron chi connectivity index (χ4n) is 3.62. The number of benzene rings is 1. The van der Waals surface area contributed by atoms with Gasteiger partial charge in [-0.2, -0.15) is 13.2 Å². The highest BCUT2D eigenvalue weighted by molar-refractivity contribution is 5.96. The molecule has 1 aliphatic rings. The number of carbonyl (C=O) groups excluding carboxylic acids is 2. The number of aromatic nitrogens is 3. The van der Waals surface area contributed by atoms with Gasteiger partial charge in [0.25, 0.3) is 11.8 Å². The van der Waals surface area contributed by atoms with Crippen LogP contribution in [0.5, 0.6) is 0 Å². The number of anilines is 1. The van der Waals surface area contributed by atoms with E-state index in [4.69, 9.17) is 0 Å². The minimum Gasteiger partial charge on any atom is -0.345 e. The van der Waals surface area contributed by atoms with Gasteiger partial charge in [-0.05, 0) is 42.8 Å². The third kappa shape index (κ3) is 5.30. The molecule has 2 amide bonds. The van der Waals surface area contributed by atoms with E-state index in [1.807, 2.05) is 6.07 Å². The van der Waals surface area contributed by atoms with Gasteiger partial charge in [-0.25, -0.2) is 0 Å². The fraction of sp³-hybridized carbons (Fsp3) is 0.261. The summed E-state index contributed by atoms with van der Waals surface area (Å²) in [6.07, 6.45) is -2.45. The van der Waals surface area contributed by atoms with E-state index in [1.54, 1.807) is 29.3 Å². The van der Waals surface area contributed by atoms with Gasteiger partial charge in [-0.3, -0.25) is 14.6 Å². The maximum absolute atomic E-state index is 13.3. The summed E-state index contributed by atoms with van der Waals surface area (Å²) in [6, 6.07) is 13.2. The molecule has 1 saturated heterocycles. The van der Waals surface area contributed by atoms with Gasteiger partial charge >= 0.3 is 6.18 Å². The van der Waals surface area contributed by atoms with Crippen LogP contribution in [0.2, 0.25) is 0 Å². The second kappa shape index (κ2) is 9.86. The Hall–Kier alpha value is -4.02. The van der Waals surface area contributed by atoms with Crippen molar-refractivity contribution in [3.63, 3.8) is 0 Å². The van der Waals surface area contributed by atoms with Crippen LogP contribution in [0.3, 0.4) is 0 Å². The maximum atomic E-state index is 13.3. The summed E-state index contributed by atoms with van der Waals surface area (Å²) in [5, 5.41) is 10.8. The third-order valence-electron chi connectivity index (χ3n) is 5.31. The van der Waals surface area contributed by atoms with E-state index < -0.39 is 23.6 Å². The van der Waals surface area contributed by atoms with Crippen molar-refractivity contribution >= 4 is 17.6 Å². The van der Waals surface area contributed by atoms with Crippen molar-refractivity contribution in [2.75, 3.05) is 24.7 Å². The molecule has 3 aromatic rings. The Morgan fingerprint density at radius 2 is 1.76 bits per heavy atom. The molecule has 34 heavy (non-hydrogen) atoms. The number of rotatable bonds is 5. The Morgan fingerprint density at radius 3 is 2.47 bits per heavy atom. The van der Waals surface area contributed by atoms with Gasteiger partial charge in [0, 0.05) is 19.3 Å². The van der Waals surface area contributed by atoms with E-state index >= 15 is 0 Å².